The molecule has 0 amide bonds. The summed E-state index contributed by atoms with van der Waals surface area (Å²) in [6.45, 7) is 5.18. The van der Waals surface area contributed by atoms with Crippen molar-refractivity contribution in [2.75, 3.05) is 6.54 Å². The maximum absolute atomic E-state index is 5.95. The third kappa shape index (κ3) is 2.89. The molecule has 0 fully saturated rings. The van der Waals surface area contributed by atoms with Gasteiger partial charge >= 0.3 is 0 Å². The van der Waals surface area contributed by atoms with Crippen LogP contribution in [0.15, 0.2) is 42.5 Å². The maximum atomic E-state index is 5.95. The van der Waals surface area contributed by atoms with E-state index in [4.69, 9.17) is 5.73 Å². The quantitative estimate of drug-likeness (QED) is 0.844. The number of benzene rings is 2. The van der Waals surface area contributed by atoms with Gasteiger partial charge in [-0.3, -0.25) is 0 Å². The van der Waals surface area contributed by atoms with Crippen molar-refractivity contribution in [3.63, 3.8) is 0 Å². The van der Waals surface area contributed by atoms with Gasteiger partial charge in [0, 0.05) is 18.6 Å². The molecule has 0 spiro atoms. The van der Waals surface area contributed by atoms with Gasteiger partial charge in [-0.05, 0) is 29.7 Å². The molecule has 0 radical (unpaired) electrons. The highest BCUT2D eigenvalue weighted by molar-refractivity contribution is 5.86. The molecule has 0 aliphatic heterocycles. The van der Waals surface area contributed by atoms with Gasteiger partial charge in [0.25, 0.3) is 0 Å². The standard InChI is InChI=1S/C16H22N2/c1-3-14(17)11-18-12(2)15-10-6-8-13-7-4-5-9-16(13)15/h4-10,12,14,18H,3,11,17H2,1-2H3/t12-,14?/m0/s1. The van der Waals surface area contributed by atoms with E-state index in [-0.39, 0.29) is 6.04 Å². The summed E-state index contributed by atoms with van der Waals surface area (Å²) >= 11 is 0. The second-order valence-corrected chi connectivity index (χ2v) is 4.87. The molecule has 0 aliphatic carbocycles. The highest BCUT2D eigenvalue weighted by atomic mass is 14.9. The summed E-state index contributed by atoms with van der Waals surface area (Å²) in [4.78, 5) is 0. The van der Waals surface area contributed by atoms with Crippen molar-refractivity contribution in [2.24, 2.45) is 5.73 Å². The van der Waals surface area contributed by atoms with E-state index in [0.29, 0.717) is 6.04 Å². The Bertz CT molecular complexity index is 502. The summed E-state index contributed by atoms with van der Waals surface area (Å²) in [5.41, 5.74) is 7.29. The first-order valence-corrected chi connectivity index (χ1v) is 6.69. The normalized spacial score (nSPS) is 14.6. The van der Waals surface area contributed by atoms with Crippen LogP contribution in [0.2, 0.25) is 0 Å². The fraction of sp³-hybridized carbons (Fsp3) is 0.375. The molecule has 0 saturated carbocycles. The van der Waals surface area contributed by atoms with E-state index in [1.54, 1.807) is 0 Å². The Morgan fingerprint density at radius 3 is 2.61 bits per heavy atom. The summed E-state index contributed by atoms with van der Waals surface area (Å²) < 4.78 is 0. The first kappa shape index (κ1) is 13.1. The minimum Gasteiger partial charge on any atom is -0.327 e. The zero-order valence-corrected chi connectivity index (χ0v) is 11.2. The lowest BCUT2D eigenvalue weighted by Gasteiger charge is -2.18. The molecule has 2 rings (SSSR count). The van der Waals surface area contributed by atoms with Gasteiger partial charge in [0.15, 0.2) is 0 Å². The summed E-state index contributed by atoms with van der Waals surface area (Å²) in [6, 6.07) is 15.5. The lowest BCUT2D eigenvalue weighted by molar-refractivity contribution is 0.510. The minimum absolute atomic E-state index is 0.238. The van der Waals surface area contributed by atoms with Gasteiger partial charge < -0.3 is 11.1 Å². The molecule has 0 saturated heterocycles. The van der Waals surface area contributed by atoms with Gasteiger partial charge in [-0.15, -0.1) is 0 Å². The van der Waals surface area contributed by atoms with Crippen molar-refractivity contribution >= 4 is 10.8 Å². The largest absolute Gasteiger partial charge is 0.327 e. The molecule has 0 aromatic heterocycles. The summed E-state index contributed by atoms with van der Waals surface area (Å²) in [5.74, 6) is 0. The molecule has 0 aliphatic rings. The molecule has 0 bridgehead atoms. The van der Waals surface area contributed by atoms with Gasteiger partial charge in [-0.25, -0.2) is 0 Å². The molecular formula is C16H22N2. The van der Waals surface area contributed by atoms with E-state index >= 15 is 0 Å². The highest BCUT2D eigenvalue weighted by Gasteiger charge is 2.09. The molecule has 2 atom stereocenters. The van der Waals surface area contributed by atoms with E-state index in [2.05, 4.69) is 61.6 Å². The van der Waals surface area contributed by atoms with Crippen molar-refractivity contribution in [1.82, 2.24) is 5.32 Å². The van der Waals surface area contributed by atoms with Gasteiger partial charge in [0.2, 0.25) is 0 Å². The number of nitrogens with two attached hydrogens (primary N) is 1. The Labute approximate surface area is 109 Å². The SMILES string of the molecule is CCC(N)CN[C@@H](C)c1cccc2ccccc12. The van der Waals surface area contributed by atoms with E-state index in [9.17, 15) is 0 Å². The minimum atomic E-state index is 0.238. The molecule has 0 heterocycles. The van der Waals surface area contributed by atoms with Crippen LogP contribution in [0.4, 0.5) is 0 Å². The zero-order chi connectivity index (χ0) is 13.0. The molecule has 18 heavy (non-hydrogen) atoms. The summed E-state index contributed by atoms with van der Waals surface area (Å²) in [6.07, 6.45) is 1.01. The van der Waals surface area contributed by atoms with Crippen LogP contribution < -0.4 is 11.1 Å². The number of fused-ring (bicyclic) bond motifs is 1. The second kappa shape index (κ2) is 5.98. The van der Waals surface area contributed by atoms with E-state index in [0.717, 1.165) is 13.0 Å². The van der Waals surface area contributed by atoms with Crippen LogP contribution in [0.3, 0.4) is 0 Å². The Balaban J connectivity index is 2.19. The molecular weight excluding hydrogens is 220 g/mol. The van der Waals surface area contributed by atoms with E-state index in [1.165, 1.54) is 16.3 Å². The molecule has 2 heteroatoms. The zero-order valence-electron chi connectivity index (χ0n) is 11.2. The predicted octanol–water partition coefficient (Wildman–Crippen LogP) is 3.23. The lowest BCUT2D eigenvalue weighted by Crippen LogP contribution is -2.34. The van der Waals surface area contributed by atoms with E-state index < -0.39 is 0 Å². The lowest BCUT2D eigenvalue weighted by atomic mass is 9.99. The summed E-state index contributed by atoms with van der Waals surface area (Å²) in [7, 11) is 0. The molecule has 3 N–H and O–H groups in total. The van der Waals surface area contributed by atoms with Crippen molar-refractivity contribution in [1.29, 1.82) is 0 Å². The Morgan fingerprint density at radius 1 is 1.11 bits per heavy atom. The third-order valence-electron chi connectivity index (χ3n) is 3.50. The van der Waals surface area contributed by atoms with Crippen molar-refractivity contribution in [3.8, 4) is 0 Å². The topological polar surface area (TPSA) is 38.0 Å². The van der Waals surface area contributed by atoms with Crippen LogP contribution >= 0.6 is 0 Å². The van der Waals surface area contributed by atoms with Gasteiger partial charge in [-0.2, -0.15) is 0 Å². The van der Waals surface area contributed by atoms with Crippen LogP contribution in [0.25, 0.3) is 10.8 Å². The Hall–Kier alpha value is -1.38. The first-order chi connectivity index (χ1) is 8.72. The average Bonchev–Trinajstić information content (AvgIpc) is 2.43. The monoisotopic (exact) mass is 242 g/mol. The molecule has 1 unspecified atom stereocenters. The molecule has 2 aromatic carbocycles. The number of nitrogens with one attached hydrogen (secondary N) is 1. The smallest absolute Gasteiger partial charge is 0.0298 e. The fourth-order valence-electron chi connectivity index (χ4n) is 2.21. The van der Waals surface area contributed by atoms with Crippen LogP contribution in [0, 0.1) is 0 Å². The number of hydrogen-bond acceptors (Lipinski definition) is 2. The van der Waals surface area contributed by atoms with Crippen molar-refractivity contribution < 1.29 is 0 Å². The second-order valence-electron chi connectivity index (χ2n) is 4.87. The maximum Gasteiger partial charge on any atom is 0.0298 e. The number of hydrogen-bond donors (Lipinski definition) is 2. The predicted molar refractivity (Wildman–Crippen MR) is 78.6 cm³/mol. The van der Waals surface area contributed by atoms with Gasteiger partial charge in [0.1, 0.15) is 0 Å². The average molecular weight is 242 g/mol. The van der Waals surface area contributed by atoms with Gasteiger partial charge in [0.05, 0.1) is 0 Å². The van der Waals surface area contributed by atoms with Gasteiger partial charge in [-0.1, -0.05) is 49.4 Å². The van der Waals surface area contributed by atoms with Crippen molar-refractivity contribution in [3.05, 3.63) is 48.0 Å². The Morgan fingerprint density at radius 2 is 1.83 bits per heavy atom. The Kier molecular flexibility index (Phi) is 4.34. The van der Waals surface area contributed by atoms with Crippen LogP contribution in [0.5, 0.6) is 0 Å². The van der Waals surface area contributed by atoms with Crippen LogP contribution in [0.1, 0.15) is 31.9 Å². The third-order valence-corrected chi connectivity index (χ3v) is 3.50. The summed E-state index contributed by atoms with van der Waals surface area (Å²) in [5, 5.41) is 6.14. The first-order valence-electron chi connectivity index (χ1n) is 6.69. The highest BCUT2D eigenvalue weighted by Crippen LogP contribution is 2.23. The number of rotatable bonds is 5. The molecule has 2 aromatic rings. The molecule has 2 nitrogen and oxygen atoms in total. The van der Waals surface area contributed by atoms with E-state index in [1.807, 2.05) is 0 Å². The fourth-order valence-corrected chi connectivity index (χ4v) is 2.21. The molecule has 96 valence electrons. The van der Waals surface area contributed by atoms with Crippen LogP contribution in [-0.2, 0) is 0 Å². The van der Waals surface area contributed by atoms with Crippen molar-refractivity contribution in [2.45, 2.75) is 32.4 Å². The van der Waals surface area contributed by atoms with Crippen LogP contribution in [-0.4, -0.2) is 12.6 Å².